The van der Waals surface area contributed by atoms with E-state index < -0.39 is 27.2 Å². The zero-order chi connectivity index (χ0) is 10.5. The van der Waals surface area contributed by atoms with E-state index in [0.717, 1.165) is 4.90 Å². The van der Waals surface area contributed by atoms with Gasteiger partial charge in [-0.1, -0.05) is 0 Å². The fraction of sp³-hybridized carbons (Fsp3) is 0.714. The second-order valence-electron chi connectivity index (χ2n) is 3.33. The first kappa shape index (κ1) is 9.45. The van der Waals surface area contributed by atoms with Crippen molar-refractivity contribution in [2.45, 2.75) is 17.8 Å². The Morgan fingerprint density at radius 1 is 1.57 bits per heavy atom. The minimum atomic E-state index is -3.32. The van der Waals surface area contributed by atoms with Crippen molar-refractivity contribution in [1.29, 1.82) is 0 Å². The number of carbonyl (C=O) groups is 2. The second kappa shape index (κ2) is 2.69. The van der Waals surface area contributed by atoms with Crippen molar-refractivity contribution < 1.29 is 22.7 Å². The summed E-state index contributed by atoms with van der Waals surface area (Å²) in [5.74, 6) is -1.27. The molecule has 2 atom stereocenters. The van der Waals surface area contributed by atoms with E-state index in [1.807, 2.05) is 0 Å². The summed E-state index contributed by atoms with van der Waals surface area (Å²) < 4.78 is 27.2. The fourth-order valence-electron chi connectivity index (χ4n) is 1.80. The van der Waals surface area contributed by atoms with Crippen LogP contribution in [-0.2, 0) is 24.2 Å². The van der Waals surface area contributed by atoms with E-state index in [-0.39, 0.29) is 18.1 Å². The van der Waals surface area contributed by atoms with Crippen LogP contribution in [0.4, 0.5) is 0 Å². The van der Waals surface area contributed by atoms with Crippen LogP contribution in [0.3, 0.4) is 0 Å². The maximum absolute atomic E-state index is 11.4. The fourth-order valence-corrected chi connectivity index (χ4v) is 3.77. The molecule has 2 aliphatic heterocycles. The third kappa shape index (κ3) is 1.05. The van der Waals surface area contributed by atoms with Crippen LogP contribution in [0.2, 0.25) is 0 Å². The van der Waals surface area contributed by atoms with Gasteiger partial charge in [0.05, 0.1) is 19.3 Å². The van der Waals surface area contributed by atoms with Crippen LogP contribution in [0.1, 0.15) is 6.42 Å². The number of β-lactam (4-membered cyclic amide) rings is 1. The van der Waals surface area contributed by atoms with Gasteiger partial charge in [0.1, 0.15) is 11.4 Å². The van der Waals surface area contributed by atoms with Crippen molar-refractivity contribution in [3.05, 3.63) is 0 Å². The summed E-state index contributed by atoms with van der Waals surface area (Å²) in [6.07, 6.45) is -0.00414. The van der Waals surface area contributed by atoms with Crippen molar-refractivity contribution >= 4 is 21.7 Å². The number of hydrogen-bond donors (Lipinski definition) is 0. The zero-order valence-electron chi connectivity index (χ0n) is 7.47. The van der Waals surface area contributed by atoms with Gasteiger partial charge in [-0.05, 0) is 0 Å². The first-order valence-corrected chi connectivity index (χ1v) is 5.79. The smallest absolute Gasteiger partial charge is 0.329 e. The van der Waals surface area contributed by atoms with Gasteiger partial charge in [0, 0.05) is 0 Å². The Morgan fingerprint density at radius 3 is 2.71 bits per heavy atom. The molecule has 0 N–H and O–H groups in total. The van der Waals surface area contributed by atoms with E-state index in [9.17, 15) is 18.0 Å². The monoisotopic (exact) mass is 219 g/mol. The summed E-state index contributed by atoms with van der Waals surface area (Å²) in [6, 6.07) is -0.934. The van der Waals surface area contributed by atoms with Gasteiger partial charge < -0.3 is 9.64 Å². The molecule has 2 rings (SSSR count). The van der Waals surface area contributed by atoms with Crippen molar-refractivity contribution in [1.82, 2.24) is 4.90 Å². The van der Waals surface area contributed by atoms with Gasteiger partial charge in [0.2, 0.25) is 5.91 Å². The number of nitrogens with zero attached hydrogens (tertiary/aromatic N) is 1. The molecular formula is C7H9NO5S. The van der Waals surface area contributed by atoms with Gasteiger partial charge >= 0.3 is 5.97 Å². The summed E-state index contributed by atoms with van der Waals surface area (Å²) in [4.78, 5) is 23.3. The predicted octanol–water partition coefficient (Wildman–Crippen LogP) is -1.49. The van der Waals surface area contributed by atoms with Gasteiger partial charge in [-0.3, -0.25) is 4.79 Å². The van der Waals surface area contributed by atoms with E-state index in [1.165, 1.54) is 7.11 Å². The Bertz CT molecular complexity index is 400. The maximum atomic E-state index is 11.4. The summed E-state index contributed by atoms with van der Waals surface area (Å²) >= 11 is 0. The highest BCUT2D eigenvalue weighted by Crippen LogP contribution is 2.34. The lowest BCUT2D eigenvalue weighted by atomic mass is 10.1. The van der Waals surface area contributed by atoms with Crippen LogP contribution in [0.5, 0.6) is 0 Å². The molecule has 0 aromatic rings. The maximum Gasteiger partial charge on any atom is 0.329 e. The van der Waals surface area contributed by atoms with Crippen molar-refractivity contribution in [2.24, 2.45) is 0 Å². The molecule has 1 amide bonds. The van der Waals surface area contributed by atoms with Gasteiger partial charge in [0.15, 0.2) is 9.84 Å². The Kier molecular flexibility index (Phi) is 1.82. The largest absolute Gasteiger partial charge is 0.467 e. The lowest BCUT2D eigenvalue weighted by Gasteiger charge is -2.35. The van der Waals surface area contributed by atoms with Crippen LogP contribution >= 0.6 is 0 Å². The van der Waals surface area contributed by atoms with E-state index in [2.05, 4.69) is 4.74 Å². The van der Waals surface area contributed by atoms with Crippen molar-refractivity contribution in [3.8, 4) is 0 Å². The molecule has 2 heterocycles. The number of esters is 1. The van der Waals surface area contributed by atoms with Crippen LogP contribution in [0.15, 0.2) is 0 Å². The summed E-state index contributed by atoms with van der Waals surface area (Å²) in [5.41, 5.74) is 0. The van der Waals surface area contributed by atoms with Gasteiger partial charge in [-0.25, -0.2) is 13.2 Å². The Hall–Kier alpha value is -1.11. The minimum Gasteiger partial charge on any atom is -0.467 e. The summed E-state index contributed by atoms with van der Waals surface area (Å²) in [5, 5.41) is -0.793. The molecular weight excluding hydrogens is 210 g/mol. The number of methoxy groups -OCH3 is 1. The highest BCUT2D eigenvalue weighted by atomic mass is 32.2. The molecule has 78 valence electrons. The SMILES string of the molecule is COC(=O)C1CS(=O)(=O)[C@@H]2CC(=O)N12. The Labute approximate surface area is 80.7 Å². The summed E-state index contributed by atoms with van der Waals surface area (Å²) in [6.45, 7) is 0. The van der Waals surface area contributed by atoms with E-state index >= 15 is 0 Å². The number of rotatable bonds is 1. The standard InChI is InChI=1S/C7H9NO5S/c1-13-7(10)4-3-14(11,12)6-2-5(9)8(4)6/h4,6H,2-3H2,1H3/t4?,6-/m1/s1. The van der Waals surface area contributed by atoms with Crippen LogP contribution in [0, 0.1) is 0 Å². The normalized spacial score (nSPS) is 33.5. The number of amides is 1. The Balaban J connectivity index is 2.30. The lowest BCUT2D eigenvalue weighted by Crippen LogP contribution is -2.55. The summed E-state index contributed by atoms with van der Waals surface area (Å²) in [7, 11) is -2.15. The van der Waals surface area contributed by atoms with E-state index in [4.69, 9.17) is 0 Å². The molecule has 7 heteroatoms. The molecule has 2 aliphatic rings. The average Bonchev–Trinajstić information content (AvgIpc) is 2.31. The average molecular weight is 219 g/mol. The number of sulfone groups is 1. The molecule has 0 saturated carbocycles. The van der Waals surface area contributed by atoms with Crippen LogP contribution in [0.25, 0.3) is 0 Å². The molecule has 0 spiro atoms. The molecule has 14 heavy (non-hydrogen) atoms. The Morgan fingerprint density at radius 2 is 2.21 bits per heavy atom. The van der Waals surface area contributed by atoms with Crippen molar-refractivity contribution in [3.63, 3.8) is 0 Å². The molecule has 2 saturated heterocycles. The third-order valence-corrected chi connectivity index (χ3v) is 4.56. The topological polar surface area (TPSA) is 80.8 Å². The first-order chi connectivity index (χ1) is 6.47. The predicted molar refractivity (Wildman–Crippen MR) is 44.8 cm³/mol. The number of ether oxygens (including phenoxy) is 1. The molecule has 0 aromatic heterocycles. The van der Waals surface area contributed by atoms with Crippen LogP contribution in [-0.4, -0.2) is 49.5 Å². The molecule has 0 radical (unpaired) electrons. The molecule has 0 bridgehead atoms. The lowest BCUT2D eigenvalue weighted by molar-refractivity contribution is -0.157. The highest BCUT2D eigenvalue weighted by Gasteiger charge is 2.57. The highest BCUT2D eigenvalue weighted by molar-refractivity contribution is 7.92. The number of hydrogen-bond acceptors (Lipinski definition) is 5. The molecule has 0 aromatic carbocycles. The quantitative estimate of drug-likeness (QED) is 0.396. The molecule has 6 nitrogen and oxygen atoms in total. The zero-order valence-corrected chi connectivity index (χ0v) is 8.28. The molecule has 1 unspecified atom stereocenters. The van der Waals surface area contributed by atoms with E-state index in [0.29, 0.717) is 0 Å². The van der Waals surface area contributed by atoms with Gasteiger partial charge in [-0.15, -0.1) is 0 Å². The van der Waals surface area contributed by atoms with Gasteiger partial charge in [0.25, 0.3) is 0 Å². The van der Waals surface area contributed by atoms with Crippen LogP contribution < -0.4 is 0 Å². The number of fused-ring (bicyclic) bond motifs is 1. The molecule has 2 fully saturated rings. The van der Waals surface area contributed by atoms with E-state index in [1.54, 1.807) is 0 Å². The first-order valence-electron chi connectivity index (χ1n) is 4.08. The second-order valence-corrected chi connectivity index (χ2v) is 5.53. The van der Waals surface area contributed by atoms with Crippen molar-refractivity contribution in [2.75, 3.05) is 12.9 Å². The third-order valence-electron chi connectivity index (χ3n) is 2.56. The molecule has 0 aliphatic carbocycles. The minimum absolute atomic E-state index is 0.00414. The number of carbonyl (C=O) groups excluding carboxylic acids is 2. The van der Waals surface area contributed by atoms with Gasteiger partial charge in [-0.2, -0.15) is 0 Å².